The Balaban J connectivity index is 5.30. The highest BCUT2D eigenvalue weighted by atomic mass is 16.5. The summed E-state index contributed by atoms with van der Waals surface area (Å²) >= 11 is 0. The van der Waals surface area contributed by atoms with E-state index in [2.05, 4.69) is 16.0 Å². The van der Waals surface area contributed by atoms with Crippen molar-refractivity contribution in [3.05, 3.63) is 0 Å². The third-order valence-electron chi connectivity index (χ3n) is 4.29. The Morgan fingerprint density at radius 3 is 2.00 bits per heavy atom. The molecule has 0 aliphatic rings. The first-order valence-electron chi connectivity index (χ1n) is 9.84. The second-order valence-corrected chi connectivity index (χ2v) is 8.68. The quantitative estimate of drug-likeness (QED) is 0.200. The number of nitrogens with two attached hydrogens (primary N) is 1. The zero-order valence-electron chi connectivity index (χ0n) is 18.3. The molecule has 29 heavy (non-hydrogen) atoms. The predicted octanol–water partition coefficient (Wildman–Crippen LogP) is -0.345. The van der Waals surface area contributed by atoms with E-state index in [-0.39, 0.29) is 24.8 Å². The standard InChI is InChI=1S/C19H37N5O5/c1-11(2)9-13(10-14(25)24-29)17(27)23-15(19(4,5)6)18(28)22-12(3)16(26)21-8-7-20/h11-13,15,29H,7-10,20H2,1-6H3,(H,21,26)(H,22,28)(H,23,27)(H,24,25)/t12-,13?,15+/m0/s1. The lowest BCUT2D eigenvalue weighted by molar-refractivity contribution is -0.138. The first-order chi connectivity index (χ1) is 13.3. The van der Waals surface area contributed by atoms with Crippen molar-refractivity contribution in [2.75, 3.05) is 13.1 Å². The van der Waals surface area contributed by atoms with E-state index in [9.17, 15) is 19.2 Å². The van der Waals surface area contributed by atoms with E-state index < -0.39 is 41.1 Å². The van der Waals surface area contributed by atoms with Gasteiger partial charge in [-0.2, -0.15) is 0 Å². The van der Waals surface area contributed by atoms with Crippen LogP contribution in [0.15, 0.2) is 0 Å². The number of carbonyl (C=O) groups is 4. The van der Waals surface area contributed by atoms with Gasteiger partial charge in [0.25, 0.3) is 0 Å². The highest BCUT2D eigenvalue weighted by molar-refractivity contribution is 5.93. The van der Waals surface area contributed by atoms with Crippen LogP contribution in [-0.2, 0) is 19.2 Å². The molecule has 7 N–H and O–H groups in total. The van der Waals surface area contributed by atoms with Crippen LogP contribution in [0.1, 0.15) is 54.4 Å². The van der Waals surface area contributed by atoms with Gasteiger partial charge >= 0.3 is 0 Å². The van der Waals surface area contributed by atoms with Crippen molar-refractivity contribution in [3.63, 3.8) is 0 Å². The molecule has 0 aromatic rings. The van der Waals surface area contributed by atoms with E-state index >= 15 is 0 Å². The maximum absolute atomic E-state index is 12.8. The second-order valence-electron chi connectivity index (χ2n) is 8.68. The van der Waals surface area contributed by atoms with Gasteiger partial charge in [-0.15, -0.1) is 0 Å². The number of nitrogens with one attached hydrogen (secondary N) is 4. The van der Waals surface area contributed by atoms with Crippen LogP contribution in [0, 0.1) is 17.3 Å². The Hall–Kier alpha value is -2.20. The van der Waals surface area contributed by atoms with Crippen LogP contribution in [0.5, 0.6) is 0 Å². The highest BCUT2D eigenvalue weighted by Gasteiger charge is 2.36. The topological polar surface area (TPSA) is 163 Å². The molecule has 0 rings (SSSR count). The summed E-state index contributed by atoms with van der Waals surface area (Å²) in [6, 6.07) is -1.73. The summed E-state index contributed by atoms with van der Waals surface area (Å²) in [6.07, 6.45) is 0.215. The van der Waals surface area contributed by atoms with Crippen molar-refractivity contribution in [2.24, 2.45) is 23.0 Å². The van der Waals surface area contributed by atoms with Crippen LogP contribution in [0.3, 0.4) is 0 Å². The Labute approximate surface area is 172 Å². The van der Waals surface area contributed by atoms with Gasteiger partial charge in [0, 0.05) is 25.4 Å². The smallest absolute Gasteiger partial charge is 0.244 e. The van der Waals surface area contributed by atoms with Gasteiger partial charge in [-0.3, -0.25) is 24.4 Å². The summed E-state index contributed by atoms with van der Waals surface area (Å²) in [6.45, 7) is 11.3. The summed E-state index contributed by atoms with van der Waals surface area (Å²) < 4.78 is 0. The minimum absolute atomic E-state index is 0.130. The van der Waals surface area contributed by atoms with Crippen LogP contribution >= 0.6 is 0 Å². The third kappa shape index (κ3) is 10.2. The van der Waals surface area contributed by atoms with Gasteiger partial charge in [0.05, 0.1) is 0 Å². The van der Waals surface area contributed by atoms with Crippen LogP contribution in [-0.4, -0.2) is 54.0 Å². The summed E-state index contributed by atoms with van der Waals surface area (Å²) in [5.41, 5.74) is 6.24. The summed E-state index contributed by atoms with van der Waals surface area (Å²) in [5, 5.41) is 16.7. The van der Waals surface area contributed by atoms with Gasteiger partial charge in [0.15, 0.2) is 0 Å². The van der Waals surface area contributed by atoms with Gasteiger partial charge in [0.2, 0.25) is 23.6 Å². The number of hydrogen-bond donors (Lipinski definition) is 6. The van der Waals surface area contributed by atoms with E-state index in [0.29, 0.717) is 13.0 Å². The summed E-state index contributed by atoms with van der Waals surface area (Å²) in [4.78, 5) is 49.1. The summed E-state index contributed by atoms with van der Waals surface area (Å²) in [7, 11) is 0. The number of rotatable bonds is 11. The van der Waals surface area contributed by atoms with E-state index in [1.807, 2.05) is 13.8 Å². The number of hydroxylamine groups is 1. The molecule has 0 radical (unpaired) electrons. The van der Waals surface area contributed by atoms with Crippen molar-refractivity contribution < 1.29 is 24.4 Å². The highest BCUT2D eigenvalue weighted by Crippen LogP contribution is 2.22. The van der Waals surface area contributed by atoms with E-state index in [1.54, 1.807) is 27.7 Å². The fourth-order valence-electron chi connectivity index (χ4n) is 2.77. The first kappa shape index (κ1) is 26.8. The molecule has 3 atom stereocenters. The second kappa shape index (κ2) is 12.4. The molecule has 168 valence electrons. The molecule has 1 unspecified atom stereocenters. The minimum atomic E-state index is -0.924. The summed E-state index contributed by atoms with van der Waals surface area (Å²) in [5.74, 6) is -2.59. The molecule has 0 aromatic heterocycles. The maximum atomic E-state index is 12.8. The van der Waals surface area contributed by atoms with Crippen molar-refractivity contribution >= 4 is 23.6 Å². The molecule has 10 heteroatoms. The molecule has 0 fully saturated rings. The first-order valence-corrected chi connectivity index (χ1v) is 9.84. The zero-order valence-corrected chi connectivity index (χ0v) is 18.3. The molecule has 0 aromatic carbocycles. The van der Waals surface area contributed by atoms with E-state index in [4.69, 9.17) is 10.9 Å². The van der Waals surface area contributed by atoms with Gasteiger partial charge < -0.3 is 21.7 Å². The van der Waals surface area contributed by atoms with Crippen molar-refractivity contribution in [1.29, 1.82) is 0 Å². The number of amides is 4. The normalized spacial score (nSPS) is 14.5. The Morgan fingerprint density at radius 1 is 0.966 bits per heavy atom. The Kier molecular flexibility index (Phi) is 11.4. The average Bonchev–Trinajstić information content (AvgIpc) is 2.61. The molecule has 0 aliphatic carbocycles. The monoisotopic (exact) mass is 415 g/mol. The Bertz CT molecular complexity index is 574. The molecule has 0 bridgehead atoms. The molecule has 0 heterocycles. The zero-order chi connectivity index (χ0) is 22.8. The lowest BCUT2D eigenvalue weighted by atomic mass is 9.84. The molecule has 10 nitrogen and oxygen atoms in total. The molecule has 0 aliphatic heterocycles. The molecule has 0 saturated heterocycles. The average molecular weight is 416 g/mol. The van der Waals surface area contributed by atoms with Crippen LogP contribution in [0.25, 0.3) is 0 Å². The van der Waals surface area contributed by atoms with Gasteiger partial charge in [-0.25, -0.2) is 5.48 Å². The fourth-order valence-corrected chi connectivity index (χ4v) is 2.77. The molecule has 4 amide bonds. The minimum Gasteiger partial charge on any atom is -0.353 e. The van der Waals surface area contributed by atoms with Crippen molar-refractivity contribution in [3.8, 4) is 0 Å². The molecular formula is C19H37N5O5. The van der Waals surface area contributed by atoms with Crippen LogP contribution in [0.2, 0.25) is 0 Å². The van der Waals surface area contributed by atoms with Crippen molar-refractivity contribution in [1.82, 2.24) is 21.4 Å². The predicted molar refractivity (Wildman–Crippen MR) is 109 cm³/mol. The van der Waals surface area contributed by atoms with Gasteiger partial charge in [0.1, 0.15) is 12.1 Å². The van der Waals surface area contributed by atoms with Gasteiger partial charge in [-0.05, 0) is 24.7 Å². The third-order valence-corrected chi connectivity index (χ3v) is 4.29. The molecule has 0 spiro atoms. The van der Waals surface area contributed by atoms with E-state index in [0.717, 1.165) is 0 Å². The molecular weight excluding hydrogens is 378 g/mol. The maximum Gasteiger partial charge on any atom is 0.244 e. The van der Waals surface area contributed by atoms with E-state index in [1.165, 1.54) is 5.48 Å². The van der Waals surface area contributed by atoms with Gasteiger partial charge in [-0.1, -0.05) is 34.6 Å². The fraction of sp³-hybridized carbons (Fsp3) is 0.789. The lowest BCUT2D eigenvalue weighted by Crippen LogP contribution is -2.58. The van der Waals surface area contributed by atoms with Crippen LogP contribution < -0.4 is 27.2 Å². The largest absolute Gasteiger partial charge is 0.353 e. The lowest BCUT2D eigenvalue weighted by Gasteiger charge is -2.32. The Morgan fingerprint density at radius 2 is 1.55 bits per heavy atom. The van der Waals surface area contributed by atoms with Crippen LogP contribution in [0.4, 0.5) is 0 Å². The number of carbonyl (C=O) groups excluding carboxylic acids is 4. The number of hydrogen-bond acceptors (Lipinski definition) is 6. The van der Waals surface area contributed by atoms with Crippen molar-refractivity contribution in [2.45, 2.75) is 66.5 Å². The molecule has 0 saturated carbocycles. The SMILES string of the molecule is CC(C)CC(CC(=O)NO)C(=O)N[C@H](C(=O)N[C@@H](C)C(=O)NCCN)C(C)(C)C.